The molecule has 4 aromatic rings. The SMILES string of the molecule is CC(C1CCC1)n1nc(-c2cc3nc(N)oc3cc2F)c2c(N)nc(N)nc21. The standard InChI is InChI=1S/C18H19FN8O/c1-7(8-3-2-4-8)27-16-13(15(20)24-17(21)25-16)14(26-27)9-5-11-12(6-10(9)19)28-18(22)23-11/h5-8H,2-4H2,1H3,(H2,22,23)(H4,20,21,24,25). The van der Waals surface area contributed by atoms with Crippen molar-refractivity contribution in [2.24, 2.45) is 5.92 Å². The van der Waals surface area contributed by atoms with Crippen LogP contribution in [0.4, 0.5) is 22.2 Å². The van der Waals surface area contributed by atoms with Crippen molar-refractivity contribution in [2.75, 3.05) is 17.2 Å². The molecule has 6 N–H and O–H groups in total. The van der Waals surface area contributed by atoms with Crippen LogP contribution < -0.4 is 17.2 Å². The van der Waals surface area contributed by atoms with Crippen molar-refractivity contribution in [3.8, 4) is 11.3 Å². The maximum Gasteiger partial charge on any atom is 0.292 e. The van der Waals surface area contributed by atoms with Crippen molar-refractivity contribution in [1.29, 1.82) is 0 Å². The highest BCUT2D eigenvalue weighted by molar-refractivity contribution is 6.00. The number of aromatic nitrogens is 5. The van der Waals surface area contributed by atoms with Crippen LogP contribution >= 0.6 is 0 Å². The van der Waals surface area contributed by atoms with Crippen molar-refractivity contribution in [2.45, 2.75) is 32.2 Å². The Bertz CT molecular complexity index is 1230. The molecule has 3 heterocycles. The number of halogens is 1. The molecular formula is C18H19FN8O. The van der Waals surface area contributed by atoms with Crippen LogP contribution in [-0.2, 0) is 0 Å². The largest absolute Gasteiger partial charge is 0.424 e. The number of nitrogen functional groups attached to an aromatic ring is 3. The van der Waals surface area contributed by atoms with Gasteiger partial charge in [-0.15, -0.1) is 0 Å². The summed E-state index contributed by atoms with van der Waals surface area (Å²) < 4.78 is 21.9. The summed E-state index contributed by atoms with van der Waals surface area (Å²) in [5, 5.41) is 5.16. The monoisotopic (exact) mass is 382 g/mol. The van der Waals surface area contributed by atoms with E-state index in [1.165, 1.54) is 12.5 Å². The molecule has 1 atom stereocenters. The van der Waals surface area contributed by atoms with E-state index in [-0.39, 0.29) is 35.0 Å². The second kappa shape index (κ2) is 5.78. The van der Waals surface area contributed by atoms with E-state index in [4.69, 9.17) is 21.6 Å². The molecule has 28 heavy (non-hydrogen) atoms. The number of anilines is 3. The maximum atomic E-state index is 14.9. The van der Waals surface area contributed by atoms with Gasteiger partial charge >= 0.3 is 0 Å². The molecule has 1 aliphatic carbocycles. The van der Waals surface area contributed by atoms with Gasteiger partial charge in [0, 0.05) is 11.6 Å². The highest BCUT2D eigenvalue weighted by atomic mass is 19.1. The number of hydrogen-bond donors (Lipinski definition) is 3. The van der Waals surface area contributed by atoms with E-state index in [0.29, 0.717) is 28.2 Å². The Morgan fingerprint density at radius 2 is 1.96 bits per heavy atom. The molecule has 0 radical (unpaired) electrons. The van der Waals surface area contributed by atoms with Gasteiger partial charge in [0.05, 0.1) is 11.4 Å². The molecule has 0 saturated heterocycles. The molecule has 10 heteroatoms. The lowest BCUT2D eigenvalue weighted by Crippen LogP contribution is -2.24. The van der Waals surface area contributed by atoms with Gasteiger partial charge in [0.15, 0.2) is 11.2 Å². The van der Waals surface area contributed by atoms with Crippen molar-refractivity contribution >= 4 is 39.9 Å². The van der Waals surface area contributed by atoms with Gasteiger partial charge in [-0.3, -0.25) is 0 Å². The summed E-state index contributed by atoms with van der Waals surface area (Å²) in [7, 11) is 0. The van der Waals surface area contributed by atoms with Gasteiger partial charge in [-0.1, -0.05) is 6.42 Å². The number of rotatable bonds is 3. The molecule has 144 valence electrons. The smallest absolute Gasteiger partial charge is 0.292 e. The lowest BCUT2D eigenvalue weighted by Gasteiger charge is -2.31. The molecule has 1 unspecified atom stereocenters. The fourth-order valence-electron chi connectivity index (χ4n) is 3.82. The quantitative estimate of drug-likeness (QED) is 0.490. The molecule has 1 fully saturated rings. The summed E-state index contributed by atoms with van der Waals surface area (Å²) in [6.07, 6.45) is 3.43. The summed E-state index contributed by atoms with van der Waals surface area (Å²) in [6, 6.07) is 2.83. The Kier molecular flexibility index (Phi) is 3.45. The molecule has 0 spiro atoms. The van der Waals surface area contributed by atoms with Gasteiger partial charge in [-0.25, -0.2) is 9.07 Å². The van der Waals surface area contributed by atoms with Gasteiger partial charge in [0.2, 0.25) is 5.95 Å². The van der Waals surface area contributed by atoms with Crippen LogP contribution in [0.5, 0.6) is 0 Å². The van der Waals surface area contributed by atoms with Crippen molar-refractivity contribution in [1.82, 2.24) is 24.7 Å². The second-order valence-electron chi connectivity index (χ2n) is 7.24. The van der Waals surface area contributed by atoms with Gasteiger partial charge in [0.1, 0.15) is 22.8 Å². The van der Waals surface area contributed by atoms with Crippen LogP contribution in [0.15, 0.2) is 16.5 Å². The zero-order valence-corrected chi connectivity index (χ0v) is 15.2. The van der Waals surface area contributed by atoms with Crippen molar-refractivity contribution in [3.63, 3.8) is 0 Å². The Morgan fingerprint density at radius 1 is 1.18 bits per heavy atom. The predicted octanol–water partition coefficient (Wildman–Crippen LogP) is 2.88. The molecule has 5 rings (SSSR count). The first-order valence-electron chi connectivity index (χ1n) is 9.09. The average Bonchev–Trinajstić information content (AvgIpc) is 3.11. The minimum absolute atomic E-state index is 0.0313. The maximum absolute atomic E-state index is 14.9. The number of benzene rings is 1. The number of nitrogens with zero attached hydrogens (tertiary/aromatic N) is 5. The predicted molar refractivity (Wildman–Crippen MR) is 104 cm³/mol. The summed E-state index contributed by atoms with van der Waals surface area (Å²) in [4.78, 5) is 12.5. The number of oxazole rings is 1. The molecule has 0 amide bonds. The van der Waals surface area contributed by atoms with E-state index in [1.54, 1.807) is 10.7 Å². The Labute approximate surface area is 158 Å². The molecule has 1 saturated carbocycles. The third-order valence-corrected chi connectivity index (χ3v) is 5.56. The highest BCUT2D eigenvalue weighted by Gasteiger charge is 2.30. The average molecular weight is 382 g/mol. The summed E-state index contributed by atoms with van der Waals surface area (Å²) in [5.74, 6) is 0.168. The van der Waals surface area contributed by atoms with E-state index < -0.39 is 5.82 Å². The number of nitrogens with two attached hydrogens (primary N) is 3. The van der Waals surface area contributed by atoms with Gasteiger partial charge in [-0.05, 0) is 31.7 Å². The zero-order valence-electron chi connectivity index (χ0n) is 15.2. The van der Waals surface area contributed by atoms with Crippen LogP contribution in [0, 0.1) is 11.7 Å². The van der Waals surface area contributed by atoms with Crippen LogP contribution in [-0.4, -0.2) is 24.7 Å². The normalized spacial score (nSPS) is 15.9. The zero-order chi connectivity index (χ0) is 19.6. The molecule has 9 nitrogen and oxygen atoms in total. The lowest BCUT2D eigenvalue weighted by atomic mass is 9.80. The number of fused-ring (bicyclic) bond motifs is 2. The van der Waals surface area contributed by atoms with Crippen LogP contribution in [0.1, 0.15) is 32.2 Å². The minimum atomic E-state index is -0.525. The Balaban J connectivity index is 1.78. The molecule has 0 aliphatic heterocycles. The van der Waals surface area contributed by atoms with Crippen LogP contribution in [0.25, 0.3) is 33.4 Å². The Hall–Kier alpha value is -3.43. The Morgan fingerprint density at radius 3 is 2.68 bits per heavy atom. The first kappa shape index (κ1) is 16.7. The van der Waals surface area contributed by atoms with E-state index in [9.17, 15) is 4.39 Å². The van der Waals surface area contributed by atoms with Crippen LogP contribution in [0.2, 0.25) is 0 Å². The van der Waals surface area contributed by atoms with E-state index in [2.05, 4.69) is 27.0 Å². The molecule has 1 aliphatic rings. The lowest BCUT2D eigenvalue weighted by molar-refractivity contribution is 0.214. The fraction of sp³-hybridized carbons (Fsp3) is 0.333. The summed E-state index contributed by atoms with van der Waals surface area (Å²) in [5.41, 5.74) is 19.3. The highest BCUT2D eigenvalue weighted by Crippen LogP contribution is 2.40. The number of hydrogen-bond acceptors (Lipinski definition) is 8. The summed E-state index contributed by atoms with van der Waals surface area (Å²) in [6.45, 7) is 2.08. The van der Waals surface area contributed by atoms with Crippen LogP contribution in [0.3, 0.4) is 0 Å². The second-order valence-corrected chi connectivity index (χ2v) is 7.24. The van der Waals surface area contributed by atoms with E-state index >= 15 is 0 Å². The third-order valence-electron chi connectivity index (χ3n) is 5.56. The van der Waals surface area contributed by atoms with Gasteiger partial charge in [0.25, 0.3) is 6.01 Å². The first-order valence-corrected chi connectivity index (χ1v) is 9.09. The molecule has 1 aromatic carbocycles. The first-order chi connectivity index (χ1) is 13.4. The minimum Gasteiger partial charge on any atom is -0.424 e. The van der Waals surface area contributed by atoms with Crippen molar-refractivity contribution in [3.05, 3.63) is 17.9 Å². The fourth-order valence-corrected chi connectivity index (χ4v) is 3.82. The summed E-state index contributed by atoms with van der Waals surface area (Å²) >= 11 is 0. The molecular weight excluding hydrogens is 363 g/mol. The molecule has 0 bridgehead atoms. The van der Waals surface area contributed by atoms with Gasteiger partial charge in [-0.2, -0.15) is 20.1 Å². The topological polar surface area (TPSA) is 148 Å². The van der Waals surface area contributed by atoms with Gasteiger partial charge < -0.3 is 21.6 Å². The molecule has 3 aromatic heterocycles. The van der Waals surface area contributed by atoms with Crippen molar-refractivity contribution < 1.29 is 8.81 Å². The third kappa shape index (κ3) is 2.37. The van der Waals surface area contributed by atoms with E-state index in [1.807, 2.05) is 0 Å². The van der Waals surface area contributed by atoms with E-state index in [0.717, 1.165) is 12.8 Å².